The van der Waals surface area contributed by atoms with Crippen molar-refractivity contribution >= 4 is 33.4 Å². The first kappa shape index (κ1) is 14.7. The standard InChI is InChI=1S/C16H15BrFNOS/c1-20-15-6-5-10(9-12(15)17)19-14-7-8-21-16-11(14)3-2-4-13(16)18/h2-6,9,14,19H,7-8H2,1H3. The lowest BCUT2D eigenvalue weighted by molar-refractivity contribution is 0.412. The molecule has 2 nitrogen and oxygen atoms in total. The first-order valence-electron chi connectivity index (χ1n) is 6.70. The summed E-state index contributed by atoms with van der Waals surface area (Å²) in [6.45, 7) is 0. The molecule has 5 heteroatoms. The van der Waals surface area contributed by atoms with Crippen LogP contribution in [0.25, 0.3) is 0 Å². The van der Waals surface area contributed by atoms with Gasteiger partial charge in [-0.3, -0.25) is 0 Å². The predicted molar refractivity (Wildman–Crippen MR) is 88.8 cm³/mol. The van der Waals surface area contributed by atoms with Gasteiger partial charge in [0, 0.05) is 16.3 Å². The number of anilines is 1. The normalized spacial score (nSPS) is 17.2. The van der Waals surface area contributed by atoms with Crippen LogP contribution >= 0.6 is 27.7 Å². The molecular formula is C16H15BrFNOS. The third-order valence-corrected chi connectivity index (χ3v) is 5.30. The number of benzene rings is 2. The van der Waals surface area contributed by atoms with Crippen LogP contribution in [0, 0.1) is 5.82 Å². The third-order valence-electron chi connectivity index (χ3n) is 3.52. The van der Waals surface area contributed by atoms with Crippen LogP contribution in [-0.2, 0) is 0 Å². The molecule has 0 saturated heterocycles. The summed E-state index contributed by atoms with van der Waals surface area (Å²) < 4.78 is 20.0. The van der Waals surface area contributed by atoms with Gasteiger partial charge >= 0.3 is 0 Å². The molecule has 1 atom stereocenters. The molecule has 110 valence electrons. The molecule has 0 amide bonds. The molecular weight excluding hydrogens is 353 g/mol. The van der Waals surface area contributed by atoms with Gasteiger partial charge in [0.25, 0.3) is 0 Å². The highest BCUT2D eigenvalue weighted by molar-refractivity contribution is 9.10. The number of halogens is 2. The lowest BCUT2D eigenvalue weighted by atomic mass is 10.0. The minimum atomic E-state index is -0.125. The summed E-state index contributed by atoms with van der Waals surface area (Å²) in [7, 11) is 1.64. The average Bonchev–Trinajstić information content (AvgIpc) is 2.49. The van der Waals surface area contributed by atoms with Crippen LogP contribution in [0.3, 0.4) is 0 Å². The Labute approximate surface area is 136 Å². The third kappa shape index (κ3) is 3.04. The Morgan fingerprint density at radius 2 is 2.19 bits per heavy atom. The topological polar surface area (TPSA) is 21.3 Å². The van der Waals surface area contributed by atoms with Crippen molar-refractivity contribution in [3.8, 4) is 5.75 Å². The predicted octanol–water partition coefficient (Wildman–Crippen LogP) is 5.25. The van der Waals surface area contributed by atoms with Crippen LogP contribution in [0.4, 0.5) is 10.1 Å². The van der Waals surface area contributed by atoms with E-state index < -0.39 is 0 Å². The van der Waals surface area contributed by atoms with E-state index in [-0.39, 0.29) is 11.9 Å². The van der Waals surface area contributed by atoms with E-state index >= 15 is 0 Å². The van der Waals surface area contributed by atoms with Crippen LogP contribution in [-0.4, -0.2) is 12.9 Å². The molecule has 0 fully saturated rings. The van der Waals surface area contributed by atoms with E-state index in [1.807, 2.05) is 24.3 Å². The van der Waals surface area contributed by atoms with Crippen molar-refractivity contribution in [1.29, 1.82) is 0 Å². The summed E-state index contributed by atoms with van der Waals surface area (Å²) in [5.74, 6) is 1.59. The summed E-state index contributed by atoms with van der Waals surface area (Å²) in [6, 6.07) is 11.3. The molecule has 21 heavy (non-hydrogen) atoms. The van der Waals surface area contributed by atoms with Gasteiger partial charge < -0.3 is 10.1 Å². The second-order valence-corrected chi connectivity index (χ2v) is 6.80. The van der Waals surface area contributed by atoms with Gasteiger partial charge in [0.1, 0.15) is 11.6 Å². The number of rotatable bonds is 3. The van der Waals surface area contributed by atoms with Crippen molar-refractivity contribution in [2.45, 2.75) is 17.4 Å². The number of thioether (sulfide) groups is 1. The van der Waals surface area contributed by atoms with Crippen molar-refractivity contribution in [2.24, 2.45) is 0 Å². The Hall–Kier alpha value is -1.20. The van der Waals surface area contributed by atoms with Crippen molar-refractivity contribution in [3.05, 3.63) is 52.3 Å². The Balaban J connectivity index is 1.87. The smallest absolute Gasteiger partial charge is 0.137 e. The van der Waals surface area contributed by atoms with Crippen molar-refractivity contribution in [3.63, 3.8) is 0 Å². The lowest BCUT2D eigenvalue weighted by Gasteiger charge is -2.27. The minimum Gasteiger partial charge on any atom is -0.496 e. The summed E-state index contributed by atoms with van der Waals surface area (Å²) >= 11 is 5.08. The molecule has 1 aliphatic rings. The maximum atomic E-state index is 13.9. The molecule has 0 radical (unpaired) electrons. The van der Waals surface area contributed by atoms with Crippen LogP contribution in [0.15, 0.2) is 45.8 Å². The van der Waals surface area contributed by atoms with E-state index in [0.29, 0.717) is 0 Å². The van der Waals surface area contributed by atoms with Gasteiger partial charge in [0.15, 0.2) is 0 Å². The maximum Gasteiger partial charge on any atom is 0.137 e. The quantitative estimate of drug-likeness (QED) is 0.800. The van der Waals surface area contributed by atoms with Crippen LogP contribution in [0.5, 0.6) is 5.75 Å². The summed E-state index contributed by atoms with van der Waals surface area (Å²) in [6.07, 6.45) is 0.977. The monoisotopic (exact) mass is 367 g/mol. The van der Waals surface area contributed by atoms with Crippen LogP contribution in [0.2, 0.25) is 0 Å². The van der Waals surface area contributed by atoms with Gasteiger partial charge in [-0.1, -0.05) is 12.1 Å². The number of methoxy groups -OCH3 is 1. The summed E-state index contributed by atoms with van der Waals surface area (Å²) in [4.78, 5) is 0.772. The summed E-state index contributed by atoms with van der Waals surface area (Å²) in [5, 5.41) is 3.49. The Morgan fingerprint density at radius 3 is 2.95 bits per heavy atom. The van der Waals surface area contributed by atoms with Gasteiger partial charge in [0.05, 0.1) is 17.6 Å². The maximum absolute atomic E-state index is 13.9. The zero-order valence-electron chi connectivity index (χ0n) is 11.5. The number of fused-ring (bicyclic) bond motifs is 1. The van der Waals surface area contributed by atoms with Crippen molar-refractivity contribution in [1.82, 2.24) is 0 Å². The highest BCUT2D eigenvalue weighted by Gasteiger charge is 2.23. The second-order valence-electron chi connectivity index (χ2n) is 4.84. The largest absolute Gasteiger partial charge is 0.496 e. The number of ether oxygens (including phenoxy) is 1. The van der Waals surface area contributed by atoms with Gasteiger partial charge in [-0.05, 0) is 52.2 Å². The first-order chi connectivity index (χ1) is 10.2. The van der Waals surface area contributed by atoms with Crippen molar-refractivity contribution in [2.75, 3.05) is 18.2 Å². The first-order valence-corrected chi connectivity index (χ1v) is 8.48. The van der Waals surface area contributed by atoms with Crippen LogP contribution in [0.1, 0.15) is 18.0 Å². The fourth-order valence-electron chi connectivity index (χ4n) is 2.49. The molecule has 0 bridgehead atoms. The van der Waals surface area contributed by atoms with Gasteiger partial charge in [-0.15, -0.1) is 11.8 Å². The molecule has 0 saturated carbocycles. The fourth-order valence-corrected chi connectivity index (χ4v) is 4.18. The molecule has 2 aromatic rings. The van der Waals surface area contributed by atoms with E-state index in [1.165, 1.54) is 6.07 Å². The minimum absolute atomic E-state index is 0.125. The molecule has 1 N–H and O–H groups in total. The number of hydrogen-bond acceptors (Lipinski definition) is 3. The zero-order chi connectivity index (χ0) is 14.8. The molecule has 0 aliphatic carbocycles. The average molecular weight is 368 g/mol. The van der Waals surface area contributed by atoms with Crippen LogP contribution < -0.4 is 10.1 Å². The van der Waals surface area contributed by atoms with E-state index in [9.17, 15) is 4.39 Å². The second kappa shape index (κ2) is 6.28. The highest BCUT2D eigenvalue weighted by atomic mass is 79.9. The van der Waals surface area contributed by atoms with Crippen molar-refractivity contribution < 1.29 is 9.13 Å². The Kier molecular flexibility index (Phi) is 4.40. The molecule has 1 heterocycles. The molecule has 0 spiro atoms. The van der Waals surface area contributed by atoms with Gasteiger partial charge in [0.2, 0.25) is 0 Å². The Bertz CT molecular complexity index is 665. The molecule has 1 aliphatic heterocycles. The fraction of sp³-hybridized carbons (Fsp3) is 0.250. The van der Waals surface area contributed by atoms with E-state index in [1.54, 1.807) is 24.9 Å². The van der Waals surface area contributed by atoms with E-state index in [0.717, 1.165) is 38.5 Å². The lowest BCUT2D eigenvalue weighted by Crippen LogP contribution is -2.16. The molecule has 2 aromatic carbocycles. The van der Waals surface area contributed by atoms with E-state index in [2.05, 4.69) is 21.2 Å². The molecule has 1 unspecified atom stereocenters. The highest BCUT2D eigenvalue weighted by Crippen LogP contribution is 2.40. The Morgan fingerprint density at radius 1 is 1.33 bits per heavy atom. The SMILES string of the molecule is COc1ccc(NC2CCSc3c(F)cccc32)cc1Br. The molecule has 0 aromatic heterocycles. The number of nitrogens with one attached hydrogen (secondary N) is 1. The van der Waals surface area contributed by atoms with E-state index in [4.69, 9.17) is 4.74 Å². The van der Waals surface area contributed by atoms with Gasteiger partial charge in [-0.25, -0.2) is 4.39 Å². The zero-order valence-corrected chi connectivity index (χ0v) is 13.9. The van der Waals surface area contributed by atoms with Gasteiger partial charge in [-0.2, -0.15) is 0 Å². The molecule has 3 rings (SSSR count). The number of hydrogen-bond donors (Lipinski definition) is 1. The summed E-state index contributed by atoms with van der Waals surface area (Å²) in [5.41, 5.74) is 2.04.